The van der Waals surface area contributed by atoms with Crippen LogP contribution in [-0.2, 0) is 6.54 Å². The van der Waals surface area contributed by atoms with E-state index >= 15 is 0 Å². The molecule has 0 amide bonds. The van der Waals surface area contributed by atoms with Gasteiger partial charge in [0.15, 0.2) is 0 Å². The highest BCUT2D eigenvalue weighted by atomic mass is 19.3. The third-order valence-electron chi connectivity index (χ3n) is 2.83. The number of anilines is 1. The fraction of sp³-hybridized carbons (Fsp3) is 0.533. The molecule has 0 fully saturated rings. The molecule has 0 spiro atoms. The Morgan fingerprint density at radius 1 is 1.35 bits per heavy atom. The molecule has 110 valence electrons. The first-order valence-electron chi connectivity index (χ1n) is 6.50. The standard InChI is InChI=1S/C15H21F2N3/c1-15(2,3)19-9-11-5-6-13(12(7-11)8-18)20(4)10-14(16)17/h5-7,14,19H,9-10H2,1-4H3. The third-order valence-corrected chi connectivity index (χ3v) is 2.83. The van der Waals surface area contributed by atoms with E-state index in [4.69, 9.17) is 5.26 Å². The quantitative estimate of drug-likeness (QED) is 0.901. The second-order valence-electron chi connectivity index (χ2n) is 5.84. The van der Waals surface area contributed by atoms with Crippen molar-refractivity contribution in [1.82, 2.24) is 5.32 Å². The Labute approximate surface area is 119 Å². The first-order valence-corrected chi connectivity index (χ1v) is 6.50. The number of rotatable bonds is 5. The average Bonchev–Trinajstić information content (AvgIpc) is 2.34. The number of alkyl halides is 2. The normalized spacial score (nSPS) is 11.5. The fourth-order valence-electron chi connectivity index (χ4n) is 1.79. The van der Waals surface area contributed by atoms with Crippen molar-refractivity contribution in [2.24, 2.45) is 0 Å². The zero-order valence-corrected chi connectivity index (χ0v) is 12.4. The van der Waals surface area contributed by atoms with E-state index in [0.717, 1.165) is 5.56 Å². The molecule has 0 saturated heterocycles. The zero-order chi connectivity index (χ0) is 15.3. The Balaban J connectivity index is 2.88. The fourth-order valence-corrected chi connectivity index (χ4v) is 1.79. The van der Waals surface area contributed by atoms with Gasteiger partial charge in [0.1, 0.15) is 6.07 Å². The summed E-state index contributed by atoms with van der Waals surface area (Å²) in [5.74, 6) is 0. The molecule has 0 radical (unpaired) electrons. The van der Waals surface area contributed by atoms with Crippen molar-refractivity contribution in [3.8, 4) is 6.07 Å². The van der Waals surface area contributed by atoms with Crippen molar-refractivity contribution >= 4 is 5.69 Å². The molecular formula is C15H21F2N3. The van der Waals surface area contributed by atoms with E-state index in [0.29, 0.717) is 17.8 Å². The van der Waals surface area contributed by atoms with Gasteiger partial charge < -0.3 is 10.2 Å². The summed E-state index contributed by atoms with van der Waals surface area (Å²) in [6.45, 7) is 6.43. The zero-order valence-electron chi connectivity index (χ0n) is 12.4. The van der Waals surface area contributed by atoms with E-state index in [2.05, 4.69) is 32.2 Å². The Bertz CT molecular complexity index is 487. The number of hydrogen-bond acceptors (Lipinski definition) is 3. The average molecular weight is 281 g/mol. The lowest BCUT2D eigenvalue weighted by atomic mass is 10.1. The van der Waals surface area contributed by atoms with E-state index < -0.39 is 6.43 Å². The molecule has 0 aliphatic rings. The molecule has 0 unspecified atom stereocenters. The molecule has 0 aliphatic heterocycles. The molecule has 1 rings (SSSR count). The predicted molar refractivity (Wildman–Crippen MR) is 77.0 cm³/mol. The molecular weight excluding hydrogens is 260 g/mol. The van der Waals surface area contributed by atoms with E-state index in [1.807, 2.05) is 6.07 Å². The molecule has 0 heterocycles. The summed E-state index contributed by atoms with van der Waals surface area (Å²) >= 11 is 0. The van der Waals surface area contributed by atoms with Crippen LogP contribution in [0.2, 0.25) is 0 Å². The van der Waals surface area contributed by atoms with Crippen LogP contribution in [0.15, 0.2) is 18.2 Å². The first-order chi connectivity index (χ1) is 9.23. The first kappa shape index (κ1) is 16.4. The van der Waals surface area contributed by atoms with Crippen molar-refractivity contribution < 1.29 is 8.78 Å². The largest absolute Gasteiger partial charge is 0.368 e. The highest BCUT2D eigenvalue weighted by Gasteiger charge is 2.14. The van der Waals surface area contributed by atoms with Gasteiger partial charge in [0, 0.05) is 19.1 Å². The molecule has 5 heteroatoms. The van der Waals surface area contributed by atoms with Gasteiger partial charge in [-0.1, -0.05) is 6.07 Å². The van der Waals surface area contributed by atoms with Crippen LogP contribution >= 0.6 is 0 Å². The SMILES string of the molecule is CN(CC(F)F)c1ccc(CNC(C)(C)C)cc1C#N. The van der Waals surface area contributed by atoms with Crippen LogP contribution in [0.1, 0.15) is 31.9 Å². The molecule has 0 aromatic heterocycles. The van der Waals surface area contributed by atoms with Crippen molar-refractivity contribution in [3.63, 3.8) is 0 Å². The number of nitrogens with zero attached hydrogens (tertiary/aromatic N) is 2. The number of halogens is 2. The molecule has 1 N–H and O–H groups in total. The molecule has 1 aromatic rings. The number of nitriles is 1. The van der Waals surface area contributed by atoms with Gasteiger partial charge in [-0.15, -0.1) is 0 Å². The van der Waals surface area contributed by atoms with Crippen LogP contribution in [0.5, 0.6) is 0 Å². The third kappa shape index (κ3) is 5.14. The maximum Gasteiger partial charge on any atom is 0.255 e. The van der Waals surface area contributed by atoms with Gasteiger partial charge in [0.05, 0.1) is 17.8 Å². The summed E-state index contributed by atoms with van der Waals surface area (Å²) in [5, 5.41) is 12.5. The highest BCUT2D eigenvalue weighted by molar-refractivity contribution is 5.60. The van der Waals surface area contributed by atoms with Gasteiger partial charge in [0.2, 0.25) is 0 Å². The number of hydrogen-bond donors (Lipinski definition) is 1. The smallest absolute Gasteiger partial charge is 0.255 e. The van der Waals surface area contributed by atoms with Crippen LogP contribution in [0.4, 0.5) is 14.5 Å². The van der Waals surface area contributed by atoms with Crippen molar-refractivity contribution in [3.05, 3.63) is 29.3 Å². The van der Waals surface area contributed by atoms with Gasteiger partial charge in [0.25, 0.3) is 6.43 Å². The van der Waals surface area contributed by atoms with E-state index in [1.54, 1.807) is 19.2 Å². The van der Waals surface area contributed by atoms with Crippen LogP contribution < -0.4 is 10.2 Å². The lowest BCUT2D eigenvalue weighted by Gasteiger charge is -2.22. The molecule has 0 aliphatic carbocycles. The van der Waals surface area contributed by atoms with Crippen molar-refractivity contribution in [2.45, 2.75) is 39.3 Å². The van der Waals surface area contributed by atoms with Crippen molar-refractivity contribution in [1.29, 1.82) is 5.26 Å². The summed E-state index contributed by atoms with van der Waals surface area (Å²) in [6.07, 6.45) is -2.42. The van der Waals surface area contributed by atoms with Gasteiger partial charge in [-0.3, -0.25) is 0 Å². The predicted octanol–water partition coefficient (Wildman–Crippen LogP) is 3.15. The van der Waals surface area contributed by atoms with Crippen LogP contribution in [0, 0.1) is 11.3 Å². The maximum absolute atomic E-state index is 12.4. The molecule has 20 heavy (non-hydrogen) atoms. The lowest BCUT2D eigenvalue weighted by Crippen LogP contribution is -2.35. The Hall–Kier alpha value is -1.67. The van der Waals surface area contributed by atoms with Gasteiger partial charge in [-0.25, -0.2) is 8.78 Å². The summed E-state index contributed by atoms with van der Waals surface area (Å²) in [5.41, 5.74) is 1.90. The Kier molecular flexibility index (Phi) is 5.46. The monoisotopic (exact) mass is 281 g/mol. The Morgan fingerprint density at radius 2 is 2.00 bits per heavy atom. The minimum atomic E-state index is -2.42. The number of benzene rings is 1. The van der Waals surface area contributed by atoms with Crippen LogP contribution in [-0.4, -0.2) is 25.6 Å². The minimum absolute atomic E-state index is 0.0159. The summed E-state index contributed by atoms with van der Waals surface area (Å²) < 4.78 is 24.8. The molecule has 0 saturated carbocycles. The van der Waals surface area contributed by atoms with Crippen LogP contribution in [0.3, 0.4) is 0 Å². The minimum Gasteiger partial charge on any atom is -0.368 e. The van der Waals surface area contributed by atoms with Gasteiger partial charge >= 0.3 is 0 Å². The summed E-state index contributed by atoms with van der Waals surface area (Å²) in [4.78, 5) is 1.41. The second kappa shape index (κ2) is 6.67. The van der Waals surface area contributed by atoms with Crippen molar-refractivity contribution in [2.75, 3.05) is 18.5 Å². The summed E-state index contributed by atoms with van der Waals surface area (Å²) in [7, 11) is 1.56. The topological polar surface area (TPSA) is 39.1 Å². The van der Waals surface area contributed by atoms with E-state index in [9.17, 15) is 8.78 Å². The van der Waals surface area contributed by atoms with Crippen LogP contribution in [0.25, 0.3) is 0 Å². The second-order valence-corrected chi connectivity index (χ2v) is 5.84. The van der Waals surface area contributed by atoms with Gasteiger partial charge in [-0.2, -0.15) is 5.26 Å². The molecule has 0 atom stereocenters. The maximum atomic E-state index is 12.4. The number of nitrogens with one attached hydrogen (secondary N) is 1. The highest BCUT2D eigenvalue weighted by Crippen LogP contribution is 2.21. The Morgan fingerprint density at radius 3 is 2.50 bits per heavy atom. The summed E-state index contributed by atoms with van der Waals surface area (Å²) in [6, 6.07) is 7.40. The molecule has 0 bridgehead atoms. The van der Waals surface area contributed by atoms with E-state index in [-0.39, 0.29) is 12.1 Å². The van der Waals surface area contributed by atoms with E-state index in [1.165, 1.54) is 4.90 Å². The molecule has 1 aromatic carbocycles. The van der Waals surface area contributed by atoms with Gasteiger partial charge in [-0.05, 0) is 38.5 Å². The molecule has 3 nitrogen and oxygen atoms in total. The lowest BCUT2D eigenvalue weighted by molar-refractivity contribution is 0.156.